The van der Waals surface area contributed by atoms with E-state index in [0.29, 0.717) is 12.5 Å². The average Bonchev–Trinajstić information content (AvgIpc) is 2.90. The van der Waals surface area contributed by atoms with Crippen LogP contribution in [0.15, 0.2) is 0 Å². The SMILES string of the molecule is CN1CC2C[C@H]1C[C@@H]2NCN1CC2C(C1)C2NCCC#N. The van der Waals surface area contributed by atoms with Crippen LogP contribution in [0.3, 0.4) is 0 Å². The maximum absolute atomic E-state index is 8.57. The highest BCUT2D eigenvalue weighted by atomic mass is 15.3. The lowest BCUT2D eigenvalue weighted by molar-refractivity contribution is 0.193. The van der Waals surface area contributed by atoms with E-state index in [1.165, 1.54) is 32.5 Å². The molecule has 0 spiro atoms. The van der Waals surface area contributed by atoms with Crippen LogP contribution in [-0.4, -0.2) is 67.8 Å². The Morgan fingerprint density at radius 1 is 1.14 bits per heavy atom. The van der Waals surface area contributed by atoms with Crippen LogP contribution in [-0.2, 0) is 0 Å². The summed E-state index contributed by atoms with van der Waals surface area (Å²) >= 11 is 0. The molecule has 2 heterocycles. The van der Waals surface area contributed by atoms with E-state index in [-0.39, 0.29) is 0 Å². The molecule has 116 valence electrons. The van der Waals surface area contributed by atoms with Crippen molar-refractivity contribution in [3.63, 3.8) is 0 Å². The van der Waals surface area contributed by atoms with Crippen molar-refractivity contribution in [3.8, 4) is 6.07 Å². The molecule has 4 rings (SSSR count). The van der Waals surface area contributed by atoms with E-state index >= 15 is 0 Å². The van der Waals surface area contributed by atoms with E-state index in [0.717, 1.165) is 43.1 Å². The summed E-state index contributed by atoms with van der Waals surface area (Å²) in [5, 5.41) is 15.9. The van der Waals surface area contributed by atoms with Gasteiger partial charge in [-0.2, -0.15) is 5.26 Å². The molecule has 0 amide bonds. The van der Waals surface area contributed by atoms with E-state index < -0.39 is 0 Å². The smallest absolute Gasteiger partial charge is 0.0635 e. The van der Waals surface area contributed by atoms with Crippen molar-refractivity contribution in [2.45, 2.75) is 37.4 Å². The lowest BCUT2D eigenvalue weighted by Crippen LogP contribution is -2.47. The lowest BCUT2D eigenvalue weighted by Gasteiger charge is -2.31. The highest BCUT2D eigenvalue weighted by Gasteiger charge is 2.55. The summed E-state index contributed by atoms with van der Waals surface area (Å²) in [4.78, 5) is 5.12. The number of nitrogens with one attached hydrogen (secondary N) is 2. The van der Waals surface area contributed by atoms with Crippen molar-refractivity contribution in [2.24, 2.45) is 17.8 Å². The van der Waals surface area contributed by atoms with Gasteiger partial charge in [-0.1, -0.05) is 0 Å². The van der Waals surface area contributed by atoms with E-state index in [9.17, 15) is 0 Å². The van der Waals surface area contributed by atoms with E-state index in [4.69, 9.17) is 5.26 Å². The Labute approximate surface area is 127 Å². The number of fused-ring (bicyclic) bond motifs is 3. The van der Waals surface area contributed by atoms with Crippen LogP contribution in [0.2, 0.25) is 0 Å². The second-order valence-electron chi connectivity index (χ2n) is 7.55. The molecule has 0 radical (unpaired) electrons. The van der Waals surface area contributed by atoms with Crippen molar-refractivity contribution in [1.29, 1.82) is 5.26 Å². The van der Waals surface area contributed by atoms with Gasteiger partial charge in [0.2, 0.25) is 0 Å². The topological polar surface area (TPSA) is 54.3 Å². The van der Waals surface area contributed by atoms with Gasteiger partial charge in [0.05, 0.1) is 6.07 Å². The third-order valence-corrected chi connectivity index (χ3v) is 6.28. The molecular formula is C16H27N5. The second kappa shape index (κ2) is 5.51. The summed E-state index contributed by atoms with van der Waals surface area (Å²) in [6, 6.07) is 4.50. The Balaban J connectivity index is 1.15. The molecule has 3 unspecified atom stereocenters. The predicted molar refractivity (Wildman–Crippen MR) is 81.5 cm³/mol. The van der Waals surface area contributed by atoms with Gasteiger partial charge in [-0.05, 0) is 37.6 Å². The molecule has 2 aliphatic carbocycles. The first-order valence-electron chi connectivity index (χ1n) is 8.52. The summed E-state index contributed by atoms with van der Waals surface area (Å²) in [7, 11) is 2.27. The van der Waals surface area contributed by atoms with E-state index in [1.54, 1.807) is 0 Å². The molecule has 5 atom stereocenters. The van der Waals surface area contributed by atoms with Crippen LogP contribution >= 0.6 is 0 Å². The first-order chi connectivity index (χ1) is 10.3. The molecule has 5 heteroatoms. The third-order valence-electron chi connectivity index (χ3n) is 6.28. The molecule has 0 aromatic heterocycles. The maximum Gasteiger partial charge on any atom is 0.0635 e. The lowest BCUT2D eigenvalue weighted by atomic mass is 10.0. The zero-order valence-corrected chi connectivity index (χ0v) is 13.0. The molecule has 4 fully saturated rings. The first-order valence-corrected chi connectivity index (χ1v) is 8.52. The molecule has 5 nitrogen and oxygen atoms in total. The van der Waals surface area contributed by atoms with Crippen molar-refractivity contribution >= 4 is 0 Å². The molecule has 2 bridgehead atoms. The fraction of sp³-hybridized carbons (Fsp3) is 0.938. The number of nitrogens with zero attached hydrogens (tertiary/aromatic N) is 3. The molecule has 4 aliphatic rings. The quantitative estimate of drug-likeness (QED) is 0.677. The average molecular weight is 289 g/mol. The third kappa shape index (κ3) is 2.59. The number of nitriles is 1. The molecular weight excluding hydrogens is 262 g/mol. The van der Waals surface area contributed by atoms with Gasteiger partial charge in [-0.25, -0.2) is 0 Å². The van der Waals surface area contributed by atoms with E-state index in [1.807, 2.05) is 0 Å². The predicted octanol–water partition coefficient (Wildman–Crippen LogP) is 0.0596. The number of hydrogen-bond donors (Lipinski definition) is 2. The van der Waals surface area contributed by atoms with Gasteiger partial charge in [-0.15, -0.1) is 0 Å². The maximum atomic E-state index is 8.57. The minimum absolute atomic E-state index is 0.639. The summed E-state index contributed by atoms with van der Waals surface area (Å²) in [6.07, 6.45) is 3.39. The van der Waals surface area contributed by atoms with Gasteiger partial charge >= 0.3 is 0 Å². The normalized spacial score (nSPS) is 45.0. The summed E-state index contributed by atoms with van der Waals surface area (Å²) in [5.41, 5.74) is 0. The van der Waals surface area contributed by atoms with Gasteiger partial charge in [0, 0.05) is 57.4 Å². The zero-order chi connectivity index (χ0) is 14.4. The van der Waals surface area contributed by atoms with Gasteiger partial charge in [0.15, 0.2) is 0 Å². The summed E-state index contributed by atoms with van der Waals surface area (Å²) in [6.45, 7) is 5.71. The Bertz CT molecular complexity index is 419. The van der Waals surface area contributed by atoms with Crippen LogP contribution in [0.4, 0.5) is 0 Å². The Morgan fingerprint density at radius 3 is 2.57 bits per heavy atom. The summed E-state index contributed by atoms with van der Waals surface area (Å²) in [5.74, 6) is 2.57. The number of rotatable bonds is 6. The minimum atomic E-state index is 0.639. The molecule has 0 aromatic rings. The monoisotopic (exact) mass is 289 g/mol. The van der Waals surface area contributed by atoms with Gasteiger partial charge < -0.3 is 15.5 Å². The Kier molecular flexibility index (Phi) is 3.66. The Hall–Kier alpha value is -0.670. The van der Waals surface area contributed by atoms with Crippen LogP contribution in [0, 0.1) is 29.1 Å². The van der Waals surface area contributed by atoms with E-state index in [2.05, 4.69) is 33.6 Å². The van der Waals surface area contributed by atoms with Crippen molar-refractivity contribution < 1.29 is 0 Å². The number of hydrogen-bond acceptors (Lipinski definition) is 5. The molecule has 2 aliphatic heterocycles. The second-order valence-corrected chi connectivity index (χ2v) is 7.55. The highest BCUT2D eigenvalue weighted by molar-refractivity contribution is 5.10. The van der Waals surface area contributed by atoms with Crippen LogP contribution in [0.1, 0.15) is 19.3 Å². The van der Waals surface area contributed by atoms with Gasteiger partial charge in [-0.3, -0.25) is 4.90 Å². The summed E-state index contributed by atoms with van der Waals surface area (Å²) < 4.78 is 0. The minimum Gasteiger partial charge on any atom is -0.312 e. The first kappa shape index (κ1) is 14.0. The molecule has 2 saturated heterocycles. The number of piperidine rings is 2. The standard InChI is InChI=1S/C16H27N5/c1-20-7-11-5-12(20)6-15(11)19-10-21-8-13-14(9-21)16(13)18-4-2-3-17/h11-16,18-19H,2,4-10H2,1H3/t11?,12-,13?,14?,15-,16?/m0/s1. The fourth-order valence-corrected chi connectivity index (χ4v) is 5.01. The van der Waals surface area contributed by atoms with Crippen LogP contribution in [0.5, 0.6) is 0 Å². The molecule has 2 N–H and O–H groups in total. The molecule has 0 aromatic carbocycles. The van der Waals surface area contributed by atoms with Gasteiger partial charge in [0.25, 0.3) is 0 Å². The largest absolute Gasteiger partial charge is 0.312 e. The van der Waals surface area contributed by atoms with Crippen molar-refractivity contribution in [2.75, 3.05) is 39.9 Å². The van der Waals surface area contributed by atoms with Crippen molar-refractivity contribution in [1.82, 2.24) is 20.4 Å². The molecule has 21 heavy (non-hydrogen) atoms. The highest BCUT2D eigenvalue weighted by Crippen LogP contribution is 2.45. The number of likely N-dealkylation sites (tertiary alicyclic amines) is 2. The van der Waals surface area contributed by atoms with Crippen molar-refractivity contribution in [3.05, 3.63) is 0 Å². The Morgan fingerprint density at radius 2 is 1.95 bits per heavy atom. The zero-order valence-electron chi connectivity index (χ0n) is 13.0. The fourth-order valence-electron chi connectivity index (χ4n) is 5.01. The van der Waals surface area contributed by atoms with Crippen LogP contribution < -0.4 is 10.6 Å². The van der Waals surface area contributed by atoms with Crippen LogP contribution in [0.25, 0.3) is 0 Å². The molecule has 2 saturated carbocycles. The van der Waals surface area contributed by atoms with Gasteiger partial charge in [0.1, 0.15) is 0 Å².